The molecule has 3 nitrogen and oxygen atoms in total. The molecule has 2 aliphatic rings. The number of aliphatic hydroxyl groups is 1. The van der Waals surface area contributed by atoms with Crippen molar-refractivity contribution in [2.24, 2.45) is 5.92 Å². The third-order valence-electron chi connectivity index (χ3n) is 7.97. The van der Waals surface area contributed by atoms with Crippen LogP contribution >= 0.6 is 11.3 Å². The van der Waals surface area contributed by atoms with E-state index in [-0.39, 0.29) is 0 Å². The Morgan fingerprint density at radius 1 is 0.853 bits per heavy atom. The van der Waals surface area contributed by atoms with Crippen molar-refractivity contribution in [3.63, 3.8) is 0 Å². The van der Waals surface area contributed by atoms with E-state index in [1.165, 1.54) is 16.7 Å². The first-order chi connectivity index (χ1) is 16.7. The molecule has 5 rings (SSSR count). The van der Waals surface area contributed by atoms with Gasteiger partial charge < -0.3 is 10.0 Å². The Bertz CT molecular complexity index is 983. The second-order valence-corrected chi connectivity index (χ2v) is 11.2. The average Bonchev–Trinajstić information content (AvgIpc) is 3.52. The molecular formula is C30H38N2OS. The van der Waals surface area contributed by atoms with Crippen molar-refractivity contribution in [1.82, 2.24) is 9.80 Å². The molecule has 0 amide bonds. The maximum Gasteiger partial charge on any atom is 0.0672 e. The molecular weight excluding hydrogens is 436 g/mol. The predicted octanol–water partition coefficient (Wildman–Crippen LogP) is 5.81. The van der Waals surface area contributed by atoms with Crippen LogP contribution in [0, 0.1) is 5.92 Å². The highest BCUT2D eigenvalue weighted by Gasteiger charge is 2.37. The van der Waals surface area contributed by atoms with Gasteiger partial charge in [0.1, 0.15) is 0 Å². The number of aryl methyl sites for hydroxylation is 1. The zero-order chi connectivity index (χ0) is 23.2. The predicted molar refractivity (Wildman–Crippen MR) is 142 cm³/mol. The topological polar surface area (TPSA) is 26.7 Å². The van der Waals surface area contributed by atoms with Crippen LogP contribution < -0.4 is 0 Å². The average molecular weight is 475 g/mol. The Morgan fingerprint density at radius 2 is 1.56 bits per heavy atom. The first-order valence-electron chi connectivity index (χ1n) is 12.9. The van der Waals surface area contributed by atoms with Gasteiger partial charge in [-0.05, 0) is 71.5 Å². The van der Waals surface area contributed by atoms with Gasteiger partial charge in [0, 0.05) is 45.2 Å². The third-order valence-corrected chi connectivity index (χ3v) is 8.67. The van der Waals surface area contributed by atoms with E-state index in [2.05, 4.69) is 87.3 Å². The van der Waals surface area contributed by atoms with Crippen molar-refractivity contribution >= 4 is 11.3 Å². The van der Waals surface area contributed by atoms with E-state index < -0.39 is 5.60 Å². The normalized spacial score (nSPS) is 23.3. The summed E-state index contributed by atoms with van der Waals surface area (Å²) in [7, 11) is 0. The molecule has 2 unspecified atom stereocenters. The number of hydrogen-bond acceptors (Lipinski definition) is 4. The summed E-state index contributed by atoms with van der Waals surface area (Å²) in [4.78, 5) is 5.27. The van der Waals surface area contributed by atoms with Gasteiger partial charge in [0.15, 0.2) is 0 Å². The summed E-state index contributed by atoms with van der Waals surface area (Å²) in [5, 5.41) is 15.8. The van der Waals surface area contributed by atoms with Gasteiger partial charge in [0.2, 0.25) is 0 Å². The smallest absolute Gasteiger partial charge is 0.0672 e. The summed E-state index contributed by atoms with van der Waals surface area (Å²) in [5.74, 6) is 1.27. The fourth-order valence-electron chi connectivity index (χ4n) is 5.98. The van der Waals surface area contributed by atoms with Gasteiger partial charge in [-0.25, -0.2) is 0 Å². The number of rotatable bonds is 9. The van der Waals surface area contributed by atoms with Gasteiger partial charge in [0.25, 0.3) is 0 Å². The standard InChI is InChI=1S/C30H38N2OS/c33-30(14-7-12-25-8-3-1-4-9-25)15-17-31(18-16-30)21-28-22-32(20-26-10-5-2-6-11-26)23-29(28)27-13-19-34-24-27/h1-6,8-11,13,19,24,28-29,33H,7,12,14-18,20-23H2. The van der Waals surface area contributed by atoms with E-state index >= 15 is 0 Å². The van der Waals surface area contributed by atoms with Crippen molar-refractivity contribution in [1.29, 1.82) is 0 Å². The molecule has 180 valence electrons. The fourth-order valence-corrected chi connectivity index (χ4v) is 6.70. The van der Waals surface area contributed by atoms with Crippen LogP contribution in [0.25, 0.3) is 0 Å². The van der Waals surface area contributed by atoms with Crippen LogP contribution in [0.5, 0.6) is 0 Å². The summed E-state index contributed by atoms with van der Waals surface area (Å²) in [6, 6.07) is 23.9. The summed E-state index contributed by atoms with van der Waals surface area (Å²) >= 11 is 1.82. The number of benzene rings is 2. The lowest BCUT2D eigenvalue weighted by atomic mass is 9.84. The first-order valence-corrected chi connectivity index (χ1v) is 13.9. The fraction of sp³-hybridized carbons (Fsp3) is 0.467. The molecule has 0 spiro atoms. The minimum Gasteiger partial charge on any atom is -0.390 e. The minimum atomic E-state index is -0.479. The van der Waals surface area contributed by atoms with E-state index in [4.69, 9.17) is 0 Å². The molecule has 1 N–H and O–H groups in total. The Labute approximate surface area is 209 Å². The van der Waals surface area contributed by atoms with Crippen molar-refractivity contribution < 1.29 is 5.11 Å². The molecule has 4 heteroatoms. The monoisotopic (exact) mass is 474 g/mol. The van der Waals surface area contributed by atoms with Crippen molar-refractivity contribution in [2.75, 3.05) is 32.7 Å². The molecule has 2 fully saturated rings. The summed E-state index contributed by atoms with van der Waals surface area (Å²) in [5.41, 5.74) is 3.82. The van der Waals surface area contributed by atoms with Gasteiger partial charge in [-0.3, -0.25) is 4.90 Å². The maximum atomic E-state index is 11.2. The largest absolute Gasteiger partial charge is 0.390 e. The quantitative estimate of drug-likeness (QED) is 0.424. The van der Waals surface area contributed by atoms with Gasteiger partial charge in [-0.15, -0.1) is 0 Å². The zero-order valence-electron chi connectivity index (χ0n) is 20.2. The Morgan fingerprint density at radius 3 is 2.24 bits per heavy atom. The molecule has 3 aromatic rings. The minimum absolute atomic E-state index is 0.479. The van der Waals surface area contributed by atoms with E-state index in [1.54, 1.807) is 0 Å². The van der Waals surface area contributed by atoms with Crippen LogP contribution in [-0.2, 0) is 13.0 Å². The van der Waals surface area contributed by atoms with E-state index in [0.717, 1.165) is 71.4 Å². The molecule has 34 heavy (non-hydrogen) atoms. The van der Waals surface area contributed by atoms with Gasteiger partial charge in [0.05, 0.1) is 5.60 Å². The number of nitrogens with zero attached hydrogens (tertiary/aromatic N) is 2. The molecule has 2 saturated heterocycles. The summed E-state index contributed by atoms with van der Waals surface area (Å²) in [6.07, 6.45) is 4.87. The van der Waals surface area contributed by atoms with Crippen LogP contribution in [0.1, 0.15) is 48.3 Å². The number of likely N-dealkylation sites (tertiary alicyclic amines) is 2. The highest BCUT2D eigenvalue weighted by atomic mass is 32.1. The number of piperidine rings is 1. The molecule has 0 saturated carbocycles. The Kier molecular flexibility index (Phi) is 7.80. The van der Waals surface area contributed by atoms with E-state index in [1.807, 2.05) is 11.3 Å². The van der Waals surface area contributed by atoms with E-state index in [0.29, 0.717) is 11.8 Å². The van der Waals surface area contributed by atoms with Crippen molar-refractivity contribution in [3.05, 3.63) is 94.2 Å². The van der Waals surface area contributed by atoms with Crippen LogP contribution in [0.3, 0.4) is 0 Å². The summed E-state index contributed by atoms with van der Waals surface area (Å²) < 4.78 is 0. The Balaban J connectivity index is 1.14. The summed E-state index contributed by atoms with van der Waals surface area (Å²) in [6.45, 7) is 6.53. The SMILES string of the molecule is OC1(CCCc2ccccc2)CCN(CC2CN(Cc3ccccc3)CC2c2ccsc2)CC1. The third kappa shape index (κ3) is 6.17. The van der Waals surface area contributed by atoms with Crippen LogP contribution in [0.15, 0.2) is 77.5 Å². The second kappa shape index (κ2) is 11.2. The number of thiophene rings is 1. The first kappa shape index (κ1) is 23.7. The van der Waals surface area contributed by atoms with Crippen LogP contribution in [-0.4, -0.2) is 53.2 Å². The van der Waals surface area contributed by atoms with Gasteiger partial charge in [-0.1, -0.05) is 60.7 Å². The molecule has 0 aliphatic carbocycles. The molecule has 0 radical (unpaired) electrons. The molecule has 2 aromatic carbocycles. The highest BCUT2D eigenvalue weighted by Crippen LogP contribution is 2.36. The zero-order valence-corrected chi connectivity index (χ0v) is 21.0. The molecule has 2 atom stereocenters. The van der Waals surface area contributed by atoms with Crippen molar-refractivity contribution in [2.45, 2.75) is 50.2 Å². The van der Waals surface area contributed by atoms with Crippen molar-refractivity contribution in [3.8, 4) is 0 Å². The lowest BCUT2D eigenvalue weighted by Gasteiger charge is -2.39. The molecule has 0 bridgehead atoms. The van der Waals surface area contributed by atoms with Crippen LogP contribution in [0.4, 0.5) is 0 Å². The maximum absolute atomic E-state index is 11.2. The second-order valence-electron chi connectivity index (χ2n) is 10.5. The molecule has 3 heterocycles. The van der Waals surface area contributed by atoms with E-state index in [9.17, 15) is 5.11 Å². The lowest BCUT2D eigenvalue weighted by Crippen LogP contribution is -2.46. The van der Waals surface area contributed by atoms with Gasteiger partial charge >= 0.3 is 0 Å². The van der Waals surface area contributed by atoms with Gasteiger partial charge in [-0.2, -0.15) is 11.3 Å². The Hall–Kier alpha value is -1.98. The highest BCUT2D eigenvalue weighted by molar-refractivity contribution is 7.08. The number of hydrogen-bond donors (Lipinski definition) is 1. The molecule has 2 aliphatic heterocycles. The van der Waals surface area contributed by atoms with Crippen LogP contribution in [0.2, 0.25) is 0 Å². The lowest BCUT2D eigenvalue weighted by molar-refractivity contribution is -0.0316. The molecule has 1 aromatic heterocycles.